The predicted molar refractivity (Wildman–Crippen MR) is 66.7 cm³/mol. The summed E-state index contributed by atoms with van der Waals surface area (Å²) in [6.45, 7) is 5.98. The predicted octanol–water partition coefficient (Wildman–Crippen LogP) is 2.90. The van der Waals surface area contributed by atoms with Gasteiger partial charge in [-0.15, -0.1) is 0 Å². The molecule has 0 bridgehead atoms. The number of hydrazone groups is 1. The lowest BCUT2D eigenvalue weighted by Crippen LogP contribution is -2.20. The zero-order chi connectivity index (χ0) is 12.0. The molecule has 1 N–H and O–H groups in total. The number of carbonyl (C=O) groups is 1. The third kappa shape index (κ3) is 3.19. The van der Waals surface area contributed by atoms with E-state index in [1.54, 1.807) is 6.07 Å². The average molecular weight is 218 g/mol. The summed E-state index contributed by atoms with van der Waals surface area (Å²) in [5.41, 5.74) is 5.23. The van der Waals surface area contributed by atoms with Crippen LogP contribution < -0.4 is 5.43 Å². The van der Waals surface area contributed by atoms with Crippen molar-refractivity contribution < 1.29 is 4.79 Å². The Kier molecular flexibility index (Phi) is 4.70. The Morgan fingerprint density at radius 2 is 1.88 bits per heavy atom. The quantitative estimate of drug-likeness (QED) is 0.612. The number of hydrogen-bond donors (Lipinski definition) is 1. The van der Waals surface area contributed by atoms with E-state index < -0.39 is 0 Å². The van der Waals surface area contributed by atoms with Crippen molar-refractivity contribution in [1.29, 1.82) is 0 Å². The second-order valence-corrected chi connectivity index (χ2v) is 3.64. The summed E-state index contributed by atoms with van der Waals surface area (Å²) >= 11 is 0. The van der Waals surface area contributed by atoms with E-state index in [2.05, 4.69) is 10.5 Å². The van der Waals surface area contributed by atoms with Gasteiger partial charge in [-0.3, -0.25) is 4.79 Å². The first-order valence-corrected chi connectivity index (χ1v) is 5.60. The largest absolute Gasteiger partial charge is 0.271 e. The lowest BCUT2D eigenvalue weighted by Gasteiger charge is -2.04. The summed E-state index contributed by atoms with van der Waals surface area (Å²) in [5, 5.41) is 4.10. The van der Waals surface area contributed by atoms with Crippen molar-refractivity contribution in [3.8, 4) is 0 Å². The highest BCUT2D eigenvalue weighted by atomic mass is 16.2. The molecule has 0 aromatic heterocycles. The van der Waals surface area contributed by atoms with E-state index in [0.717, 1.165) is 24.1 Å². The molecule has 0 saturated carbocycles. The van der Waals surface area contributed by atoms with Crippen LogP contribution in [0, 0.1) is 6.92 Å². The second kappa shape index (κ2) is 6.05. The first-order chi connectivity index (χ1) is 7.69. The Labute approximate surface area is 96.6 Å². The van der Waals surface area contributed by atoms with Crippen molar-refractivity contribution >= 4 is 11.6 Å². The highest BCUT2D eigenvalue weighted by Crippen LogP contribution is 2.06. The number of aryl methyl sites for hydroxylation is 1. The normalized spacial score (nSPS) is 9.69. The minimum atomic E-state index is -0.141. The maximum atomic E-state index is 11.8. The fraction of sp³-hybridized carbons (Fsp3) is 0.385. The summed E-state index contributed by atoms with van der Waals surface area (Å²) in [6, 6.07) is 7.49. The van der Waals surface area contributed by atoms with Gasteiger partial charge in [-0.05, 0) is 31.4 Å². The average Bonchev–Trinajstić information content (AvgIpc) is 2.30. The van der Waals surface area contributed by atoms with Crippen molar-refractivity contribution in [3.05, 3.63) is 35.4 Å². The van der Waals surface area contributed by atoms with E-state index >= 15 is 0 Å². The van der Waals surface area contributed by atoms with Crippen LogP contribution in [0.1, 0.15) is 42.6 Å². The van der Waals surface area contributed by atoms with E-state index in [9.17, 15) is 4.79 Å². The molecule has 0 saturated heterocycles. The van der Waals surface area contributed by atoms with Gasteiger partial charge in [0.1, 0.15) is 0 Å². The zero-order valence-corrected chi connectivity index (χ0v) is 10.1. The Balaban J connectivity index is 2.74. The summed E-state index contributed by atoms with van der Waals surface area (Å²) in [7, 11) is 0. The molecule has 0 aliphatic heterocycles. The maximum absolute atomic E-state index is 11.8. The summed E-state index contributed by atoms with van der Waals surface area (Å²) in [5.74, 6) is -0.141. The van der Waals surface area contributed by atoms with Crippen LogP contribution in [0.15, 0.2) is 29.4 Å². The molecule has 0 fully saturated rings. The van der Waals surface area contributed by atoms with Crippen LogP contribution in [0.25, 0.3) is 0 Å². The van der Waals surface area contributed by atoms with Gasteiger partial charge in [0.25, 0.3) is 5.91 Å². The molecule has 0 unspecified atom stereocenters. The Hall–Kier alpha value is -1.64. The molecule has 3 nitrogen and oxygen atoms in total. The van der Waals surface area contributed by atoms with Gasteiger partial charge in [-0.1, -0.05) is 32.0 Å². The number of hydrogen-bond acceptors (Lipinski definition) is 2. The molecule has 0 radical (unpaired) electrons. The van der Waals surface area contributed by atoms with E-state index in [1.165, 1.54) is 0 Å². The van der Waals surface area contributed by atoms with E-state index in [1.807, 2.05) is 39.0 Å². The van der Waals surface area contributed by atoms with E-state index in [4.69, 9.17) is 0 Å². The molecular weight excluding hydrogens is 200 g/mol. The van der Waals surface area contributed by atoms with Gasteiger partial charge in [0, 0.05) is 11.3 Å². The molecule has 1 amide bonds. The highest BCUT2D eigenvalue weighted by molar-refractivity contribution is 5.96. The Morgan fingerprint density at radius 3 is 2.44 bits per heavy atom. The van der Waals surface area contributed by atoms with Crippen LogP contribution in [0.4, 0.5) is 0 Å². The fourth-order valence-electron chi connectivity index (χ4n) is 1.43. The SMILES string of the molecule is CCC(CC)=NNC(=O)c1ccccc1C. The van der Waals surface area contributed by atoms with Gasteiger partial charge in [-0.25, -0.2) is 5.43 Å². The van der Waals surface area contributed by atoms with Crippen molar-refractivity contribution in [2.24, 2.45) is 5.10 Å². The summed E-state index contributed by atoms with van der Waals surface area (Å²) < 4.78 is 0. The first kappa shape index (κ1) is 12.4. The standard InChI is InChI=1S/C13H18N2O/c1-4-11(5-2)14-15-13(16)12-9-7-6-8-10(12)3/h6-9H,4-5H2,1-3H3,(H,15,16). The summed E-state index contributed by atoms with van der Waals surface area (Å²) in [4.78, 5) is 11.8. The first-order valence-electron chi connectivity index (χ1n) is 5.60. The number of rotatable bonds is 4. The van der Waals surface area contributed by atoms with Crippen molar-refractivity contribution in [2.45, 2.75) is 33.6 Å². The van der Waals surface area contributed by atoms with Gasteiger partial charge < -0.3 is 0 Å². The van der Waals surface area contributed by atoms with Gasteiger partial charge >= 0.3 is 0 Å². The van der Waals surface area contributed by atoms with Gasteiger partial charge in [-0.2, -0.15) is 5.10 Å². The van der Waals surface area contributed by atoms with Crippen LogP contribution in [0.5, 0.6) is 0 Å². The minimum absolute atomic E-state index is 0.141. The number of nitrogens with zero attached hydrogens (tertiary/aromatic N) is 1. The smallest absolute Gasteiger partial charge is 0.267 e. The maximum Gasteiger partial charge on any atom is 0.271 e. The van der Waals surface area contributed by atoms with Gasteiger partial charge in [0.05, 0.1) is 0 Å². The van der Waals surface area contributed by atoms with Crippen LogP contribution in [0.2, 0.25) is 0 Å². The molecule has 0 aliphatic rings. The fourth-order valence-corrected chi connectivity index (χ4v) is 1.43. The number of nitrogens with one attached hydrogen (secondary N) is 1. The lowest BCUT2D eigenvalue weighted by molar-refractivity contribution is 0.0954. The van der Waals surface area contributed by atoms with Crippen LogP contribution in [0.3, 0.4) is 0 Å². The third-order valence-electron chi connectivity index (χ3n) is 2.52. The molecule has 1 aromatic rings. The van der Waals surface area contributed by atoms with Crippen LogP contribution >= 0.6 is 0 Å². The van der Waals surface area contributed by atoms with Gasteiger partial charge in [0.15, 0.2) is 0 Å². The Bertz CT molecular complexity index is 391. The molecular formula is C13H18N2O. The van der Waals surface area contributed by atoms with Crippen LogP contribution in [-0.2, 0) is 0 Å². The molecule has 1 rings (SSSR count). The molecule has 0 aliphatic carbocycles. The van der Waals surface area contributed by atoms with E-state index in [-0.39, 0.29) is 5.91 Å². The monoisotopic (exact) mass is 218 g/mol. The molecule has 16 heavy (non-hydrogen) atoms. The number of carbonyl (C=O) groups excluding carboxylic acids is 1. The molecule has 0 spiro atoms. The highest BCUT2D eigenvalue weighted by Gasteiger charge is 2.06. The van der Waals surface area contributed by atoms with E-state index in [0.29, 0.717) is 5.56 Å². The number of benzene rings is 1. The molecule has 86 valence electrons. The van der Waals surface area contributed by atoms with Crippen LogP contribution in [-0.4, -0.2) is 11.6 Å². The topological polar surface area (TPSA) is 41.5 Å². The summed E-state index contributed by atoms with van der Waals surface area (Å²) in [6.07, 6.45) is 1.73. The third-order valence-corrected chi connectivity index (χ3v) is 2.52. The molecule has 3 heteroatoms. The van der Waals surface area contributed by atoms with Crippen molar-refractivity contribution in [1.82, 2.24) is 5.43 Å². The molecule has 0 heterocycles. The molecule has 0 atom stereocenters. The minimum Gasteiger partial charge on any atom is -0.267 e. The Morgan fingerprint density at radius 1 is 1.25 bits per heavy atom. The van der Waals surface area contributed by atoms with Crippen molar-refractivity contribution in [2.75, 3.05) is 0 Å². The second-order valence-electron chi connectivity index (χ2n) is 3.64. The number of amides is 1. The lowest BCUT2D eigenvalue weighted by atomic mass is 10.1. The van der Waals surface area contributed by atoms with Gasteiger partial charge in [0.2, 0.25) is 0 Å². The molecule has 1 aromatic carbocycles. The van der Waals surface area contributed by atoms with Crippen molar-refractivity contribution in [3.63, 3.8) is 0 Å². The zero-order valence-electron chi connectivity index (χ0n) is 10.1.